The third-order valence-corrected chi connectivity index (χ3v) is 3.83. The van der Waals surface area contributed by atoms with Crippen molar-refractivity contribution in [2.45, 2.75) is 25.5 Å². The van der Waals surface area contributed by atoms with Crippen LogP contribution in [-0.4, -0.2) is 61.5 Å². The molecule has 0 saturated carbocycles. The standard InChI is InChI=1S/C12H20N2O5/c1-11(5-13-6-11)19-4-9(15)14-8-3-18-7-12(8,2)10(16)17/h8,13H,3-7H2,1-2H3,(H,14,15)(H,16,17). The normalized spacial score (nSPS) is 32.6. The predicted molar refractivity (Wildman–Crippen MR) is 65.7 cm³/mol. The molecular weight excluding hydrogens is 252 g/mol. The summed E-state index contributed by atoms with van der Waals surface area (Å²) >= 11 is 0. The first-order valence-corrected chi connectivity index (χ1v) is 6.31. The zero-order chi connectivity index (χ0) is 14.1. The second kappa shape index (κ2) is 5.07. The Labute approximate surface area is 111 Å². The summed E-state index contributed by atoms with van der Waals surface area (Å²) in [4.78, 5) is 23.0. The number of aliphatic carboxylic acids is 1. The van der Waals surface area contributed by atoms with Gasteiger partial charge in [0.2, 0.25) is 5.91 Å². The van der Waals surface area contributed by atoms with Gasteiger partial charge in [0.25, 0.3) is 0 Å². The maximum Gasteiger partial charge on any atom is 0.313 e. The van der Waals surface area contributed by atoms with Gasteiger partial charge in [-0.15, -0.1) is 0 Å². The van der Waals surface area contributed by atoms with Crippen LogP contribution in [0.15, 0.2) is 0 Å². The summed E-state index contributed by atoms with van der Waals surface area (Å²) in [6, 6.07) is -0.520. The van der Waals surface area contributed by atoms with Crippen LogP contribution in [0.1, 0.15) is 13.8 Å². The lowest BCUT2D eigenvalue weighted by Crippen LogP contribution is -2.60. The van der Waals surface area contributed by atoms with Crippen LogP contribution in [0.4, 0.5) is 0 Å². The molecule has 2 saturated heterocycles. The van der Waals surface area contributed by atoms with Crippen molar-refractivity contribution < 1.29 is 24.2 Å². The molecule has 1 amide bonds. The Balaban J connectivity index is 1.83. The minimum absolute atomic E-state index is 0.0651. The highest BCUT2D eigenvalue weighted by atomic mass is 16.5. The van der Waals surface area contributed by atoms with Gasteiger partial charge in [0.15, 0.2) is 0 Å². The van der Waals surface area contributed by atoms with E-state index in [1.165, 1.54) is 0 Å². The molecule has 2 fully saturated rings. The molecule has 19 heavy (non-hydrogen) atoms. The Morgan fingerprint density at radius 2 is 2.16 bits per heavy atom. The molecule has 7 nitrogen and oxygen atoms in total. The highest BCUT2D eigenvalue weighted by Crippen LogP contribution is 2.28. The first kappa shape index (κ1) is 14.2. The summed E-state index contributed by atoms with van der Waals surface area (Å²) in [6.07, 6.45) is 0. The van der Waals surface area contributed by atoms with Crippen molar-refractivity contribution in [3.8, 4) is 0 Å². The van der Waals surface area contributed by atoms with Crippen LogP contribution in [-0.2, 0) is 19.1 Å². The van der Waals surface area contributed by atoms with Crippen molar-refractivity contribution in [2.75, 3.05) is 32.9 Å². The lowest BCUT2D eigenvalue weighted by atomic mass is 9.85. The fourth-order valence-electron chi connectivity index (χ4n) is 2.14. The molecule has 2 unspecified atom stereocenters. The van der Waals surface area contributed by atoms with Crippen molar-refractivity contribution in [3.63, 3.8) is 0 Å². The van der Waals surface area contributed by atoms with E-state index in [0.717, 1.165) is 13.1 Å². The molecule has 0 aromatic rings. The third kappa shape index (κ3) is 2.88. The maximum absolute atomic E-state index is 11.8. The molecule has 2 rings (SSSR count). The summed E-state index contributed by atoms with van der Waals surface area (Å²) in [5, 5.41) is 14.9. The van der Waals surface area contributed by atoms with Crippen LogP contribution < -0.4 is 10.6 Å². The molecular formula is C12H20N2O5. The first-order chi connectivity index (χ1) is 8.86. The van der Waals surface area contributed by atoms with E-state index in [1.807, 2.05) is 6.92 Å². The minimum Gasteiger partial charge on any atom is -0.481 e. The molecule has 0 radical (unpaired) electrons. The third-order valence-electron chi connectivity index (χ3n) is 3.83. The van der Waals surface area contributed by atoms with E-state index in [1.54, 1.807) is 6.92 Å². The SMILES string of the molecule is CC1(OCC(=O)NC2COCC2(C)C(=O)O)CNC1. The minimum atomic E-state index is -1.07. The van der Waals surface area contributed by atoms with Gasteiger partial charge >= 0.3 is 5.97 Å². The zero-order valence-corrected chi connectivity index (χ0v) is 11.2. The fourth-order valence-corrected chi connectivity index (χ4v) is 2.14. The van der Waals surface area contributed by atoms with Crippen LogP contribution >= 0.6 is 0 Å². The molecule has 0 aliphatic carbocycles. The number of carbonyl (C=O) groups is 2. The van der Waals surface area contributed by atoms with Crippen LogP contribution in [0.5, 0.6) is 0 Å². The van der Waals surface area contributed by atoms with E-state index in [-0.39, 0.29) is 31.3 Å². The molecule has 0 spiro atoms. The predicted octanol–water partition coefficient (Wildman–Crippen LogP) is -1.03. The second-order valence-electron chi connectivity index (χ2n) is 5.70. The van der Waals surface area contributed by atoms with Crippen molar-refractivity contribution >= 4 is 11.9 Å². The number of carboxylic acid groups (broad SMARTS) is 1. The average Bonchev–Trinajstić information content (AvgIpc) is 2.67. The van der Waals surface area contributed by atoms with E-state index in [9.17, 15) is 14.7 Å². The Bertz CT molecular complexity index is 382. The quantitative estimate of drug-likeness (QED) is 0.592. The summed E-state index contributed by atoms with van der Waals surface area (Å²) in [7, 11) is 0. The molecule has 7 heteroatoms. The van der Waals surface area contributed by atoms with Crippen molar-refractivity contribution in [1.29, 1.82) is 0 Å². The number of rotatable bonds is 5. The average molecular weight is 272 g/mol. The number of amides is 1. The molecule has 2 atom stereocenters. The molecule has 0 bridgehead atoms. The number of nitrogens with one attached hydrogen (secondary N) is 2. The monoisotopic (exact) mass is 272 g/mol. The van der Waals surface area contributed by atoms with Gasteiger partial charge in [-0.25, -0.2) is 0 Å². The Morgan fingerprint density at radius 3 is 2.68 bits per heavy atom. The maximum atomic E-state index is 11.8. The topological polar surface area (TPSA) is 96.9 Å². The molecule has 2 aliphatic rings. The molecule has 0 aromatic carbocycles. The van der Waals surface area contributed by atoms with E-state index >= 15 is 0 Å². The van der Waals surface area contributed by atoms with Gasteiger partial charge in [0.05, 0.1) is 24.9 Å². The van der Waals surface area contributed by atoms with Crippen molar-refractivity contribution in [3.05, 3.63) is 0 Å². The lowest BCUT2D eigenvalue weighted by molar-refractivity contribution is -0.149. The number of hydrogen-bond donors (Lipinski definition) is 3. The van der Waals surface area contributed by atoms with Crippen LogP contribution in [0.3, 0.4) is 0 Å². The van der Waals surface area contributed by atoms with Crippen molar-refractivity contribution in [2.24, 2.45) is 5.41 Å². The van der Waals surface area contributed by atoms with E-state index in [4.69, 9.17) is 9.47 Å². The number of hydrogen-bond acceptors (Lipinski definition) is 5. The van der Waals surface area contributed by atoms with Crippen LogP contribution in [0, 0.1) is 5.41 Å². The second-order valence-corrected chi connectivity index (χ2v) is 5.70. The number of carboxylic acids is 1. The van der Waals surface area contributed by atoms with Gasteiger partial charge in [0.1, 0.15) is 12.0 Å². The van der Waals surface area contributed by atoms with Gasteiger partial charge in [-0.2, -0.15) is 0 Å². The van der Waals surface area contributed by atoms with Crippen LogP contribution in [0.2, 0.25) is 0 Å². The van der Waals surface area contributed by atoms with Gasteiger partial charge < -0.3 is 25.2 Å². The Morgan fingerprint density at radius 1 is 1.47 bits per heavy atom. The lowest BCUT2D eigenvalue weighted by Gasteiger charge is -2.39. The molecule has 2 aliphatic heterocycles. The van der Waals surface area contributed by atoms with Crippen LogP contribution in [0.25, 0.3) is 0 Å². The summed E-state index contributed by atoms with van der Waals surface area (Å²) < 4.78 is 10.7. The van der Waals surface area contributed by atoms with Gasteiger partial charge in [-0.1, -0.05) is 0 Å². The Kier molecular flexibility index (Phi) is 3.80. The summed E-state index contributed by atoms with van der Waals surface area (Å²) in [6.45, 7) is 5.20. The molecule has 108 valence electrons. The van der Waals surface area contributed by atoms with Crippen molar-refractivity contribution in [1.82, 2.24) is 10.6 Å². The number of ether oxygens (including phenoxy) is 2. The molecule has 3 N–H and O–H groups in total. The van der Waals surface area contributed by atoms with Gasteiger partial charge in [0, 0.05) is 13.1 Å². The largest absolute Gasteiger partial charge is 0.481 e. The first-order valence-electron chi connectivity index (χ1n) is 6.31. The Hall–Kier alpha value is -1.18. The highest BCUT2D eigenvalue weighted by Gasteiger charge is 2.47. The number of carbonyl (C=O) groups excluding carboxylic acids is 1. The summed E-state index contributed by atoms with van der Waals surface area (Å²) in [5.74, 6) is -1.28. The van der Waals surface area contributed by atoms with E-state index in [0.29, 0.717) is 0 Å². The highest BCUT2D eigenvalue weighted by molar-refractivity contribution is 5.81. The van der Waals surface area contributed by atoms with E-state index < -0.39 is 17.4 Å². The fraction of sp³-hybridized carbons (Fsp3) is 0.833. The zero-order valence-electron chi connectivity index (χ0n) is 11.2. The smallest absolute Gasteiger partial charge is 0.313 e. The molecule has 2 heterocycles. The molecule has 0 aromatic heterocycles. The van der Waals surface area contributed by atoms with E-state index in [2.05, 4.69) is 10.6 Å². The van der Waals surface area contributed by atoms with Gasteiger partial charge in [-0.05, 0) is 13.8 Å². The van der Waals surface area contributed by atoms with Gasteiger partial charge in [-0.3, -0.25) is 9.59 Å². The summed E-state index contributed by atoms with van der Waals surface area (Å²) in [5.41, 5.74) is -1.36.